The van der Waals surface area contributed by atoms with Crippen LogP contribution >= 0.6 is 11.6 Å². The summed E-state index contributed by atoms with van der Waals surface area (Å²) in [5, 5.41) is 4.21. The SMILES string of the molecule is C=CCOc1ccc(/C=N\NC(=O)CN(c2cc(Cl)ccc2OC)S(=O)(=O)c2ccc(OC)c(OC)c2)cc1OC. The topological polar surface area (TPSA) is 125 Å². The highest BCUT2D eigenvalue weighted by Gasteiger charge is 2.30. The van der Waals surface area contributed by atoms with E-state index in [1.165, 1.54) is 71.1 Å². The van der Waals surface area contributed by atoms with Gasteiger partial charge in [0.15, 0.2) is 23.0 Å². The van der Waals surface area contributed by atoms with Gasteiger partial charge in [-0.25, -0.2) is 13.8 Å². The molecule has 3 aromatic carbocycles. The first-order valence-corrected chi connectivity index (χ1v) is 13.8. The molecule has 0 heterocycles. The number of rotatable bonds is 14. The molecule has 0 bridgehead atoms. The number of carbonyl (C=O) groups excluding carboxylic acids is 1. The van der Waals surface area contributed by atoms with Gasteiger partial charge in [-0.3, -0.25) is 9.10 Å². The zero-order valence-corrected chi connectivity index (χ0v) is 24.5. The number of halogens is 1. The predicted octanol–water partition coefficient (Wildman–Crippen LogP) is 4.28. The number of ether oxygens (including phenoxy) is 5. The Morgan fingerprint density at radius 2 is 1.54 bits per heavy atom. The molecule has 3 rings (SSSR count). The van der Waals surface area contributed by atoms with Gasteiger partial charge in [-0.1, -0.05) is 24.3 Å². The molecule has 13 heteroatoms. The lowest BCUT2D eigenvalue weighted by atomic mass is 10.2. The second kappa shape index (κ2) is 14.3. The number of sulfonamides is 1. The number of carbonyl (C=O) groups is 1. The fourth-order valence-electron chi connectivity index (χ4n) is 3.64. The van der Waals surface area contributed by atoms with Crippen LogP contribution in [0.5, 0.6) is 28.7 Å². The van der Waals surface area contributed by atoms with Gasteiger partial charge < -0.3 is 23.7 Å². The summed E-state index contributed by atoms with van der Waals surface area (Å²) in [6, 6.07) is 13.6. The van der Waals surface area contributed by atoms with Crippen LogP contribution in [0.4, 0.5) is 5.69 Å². The molecule has 0 atom stereocenters. The lowest BCUT2D eigenvalue weighted by Crippen LogP contribution is -2.39. The minimum atomic E-state index is -4.35. The Hall–Kier alpha value is -4.42. The maximum Gasteiger partial charge on any atom is 0.265 e. The third-order valence-corrected chi connectivity index (χ3v) is 7.58. The summed E-state index contributed by atoms with van der Waals surface area (Å²) in [6.45, 7) is 3.27. The molecule has 3 aromatic rings. The van der Waals surface area contributed by atoms with Crippen molar-refractivity contribution in [2.45, 2.75) is 4.90 Å². The molecule has 218 valence electrons. The van der Waals surface area contributed by atoms with Crippen molar-refractivity contribution >= 4 is 39.4 Å². The van der Waals surface area contributed by atoms with Gasteiger partial charge in [0.2, 0.25) is 0 Å². The monoisotopic (exact) mass is 603 g/mol. The Kier molecular flexibility index (Phi) is 10.8. The van der Waals surface area contributed by atoms with Gasteiger partial charge in [-0.05, 0) is 54.1 Å². The summed E-state index contributed by atoms with van der Waals surface area (Å²) in [6.07, 6.45) is 2.99. The van der Waals surface area contributed by atoms with Crippen molar-refractivity contribution in [3.63, 3.8) is 0 Å². The highest BCUT2D eigenvalue weighted by molar-refractivity contribution is 7.92. The molecule has 0 aromatic heterocycles. The van der Waals surface area contributed by atoms with Gasteiger partial charge in [-0.15, -0.1) is 0 Å². The molecular formula is C28H30ClN3O8S. The summed E-state index contributed by atoms with van der Waals surface area (Å²) in [5.74, 6) is 0.951. The van der Waals surface area contributed by atoms with Crippen molar-refractivity contribution in [1.29, 1.82) is 0 Å². The van der Waals surface area contributed by atoms with Gasteiger partial charge in [0.1, 0.15) is 18.9 Å². The number of nitrogens with one attached hydrogen (secondary N) is 1. The van der Waals surface area contributed by atoms with Crippen molar-refractivity contribution in [3.05, 3.63) is 77.8 Å². The van der Waals surface area contributed by atoms with Crippen molar-refractivity contribution < 1.29 is 36.9 Å². The van der Waals surface area contributed by atoms with E-state index in [0.717, 1.165) is 4.31 Å². The van der Waals surface area contributed by atoms with Crippen LogP contribution < -0.4 is 33.4 Å². The lowest BCUT2D eigenvalue weighted by molar-refractivity contribution is -0.119. The molecule has 0 aliphatic rings. The molecule has 41 heavy (non-hydrogen) atoms. The summed E-state index contributed by atoms with van der Waals surface area (Å²) in [7, 11) is 1.34. The molecular weight excluding hydrogens is 574 g/mol. The largest absolute Gasteiger partial charge is 0.495 e. The van der Waals surface area contributed by atoms with Crippen LogP contribution in [-0.4, -0.2) is 62.1 Å². The van der Waals surface area contributed by atoms with E-state index >= 15 is 0 Å². The van der Waals surface area contributed by atoms with Crippen LogP contribution in [-0.2, 0) is 14.8 Å². The van der Waals surface area contributed by atoms with E-state index in [2.05, 4.69) is 17.1 Å². The molecule has 0 spiro atoms. The first kappa shape index (κ1) is 31.1. The van der Waals surface area contributed by atoms with Crippen LogP contribution in [0, 0.1) is 0 Å². The highest BCUT2D eigenvalue weighted by Crippen LogP contribution is 2.37. The normalized spacial score (nSPS) is 11.0. The van der Waals surface area contributed by atoms with E-state index < -0.39 is 22.5 Å². The van der Waals surface area contributed by atoms with Crippen molar-refractivity contribution in [2.24, 2.45) is 5.10 Å². The maximum atomic E-state index is 13.9. The molecule has 0 saturated heterocycles. The van der Waals surface area contributed by atoms with Crippen LogP contribution in [0.3, 0.4) is 0 Å². The van der Waals surface area contributed by atoms with Gasteiger partial charge in [0.25, 0.3) is 15.9 Å². The quantitative estimate of drug-likeness (QED) is 0.164. The van der Waals surface area contributed by atoms with Crippen molar-refractivity contribution in [1.82, 2.24) is 5.43 Å². The zero-order chi connectivity index (χ0) is 30.0. The number of hydrogen-bond acceptors (Lipinski definition) is 9. The number of benzene rings is 3. The van der Waals surface area contributed by atoms with Gasteiger partial charge in [-0.2, -0.15) is 5.10 Å². The Labute approximate surface area is 243 Å². The molecule has 0 radical (unpaired) electrons. The Morgan fingerprint density at radius 1 is 0.902 bits per heavy atom. The summed E-state index contributed by atoms with van der Waals surface area (Å²) < 4.78 is 55.3. The zero-order valence-electron chi connectivity index (χ0n) is 22.9. The molecule has 0 saturated carbocycles. The second-order valence-electron chi connectivity index (χ2n) is 8.15. The molecule has 1 amide bonds. The Morgan fingerprint density at radius 3 is 2.20 bits per heavy atom. The number of hydrogen-bond donors (Lipinski definition) is 1. The fraction of sp³-hybridized carbons (Fsp3) is 0.214. The van der Waals surface area contributed by atoms with Gasteiger partial charge in [0, 0.05) is 11.1 Å². The highest BCUT2D eigenvalue weighted by atomic mass is 35.5. The third kappa shape index (κ3) is 7.62. The summed E-state index contributed by atoms with van der Waals surface area (Å²) in [5.41, 5.74) is 3.00. The smallest absolute Gasteiger partial charge is 0.265 e. The number of methoxy groups -OCH3 is 4. The minimum absolute atomic E-state index is 0.0498. The maximum absolute atomic E-state index is 13.9. The molecule has 0 aliphatic heterocycles. The third-order valence-electron chi connectivity index (χ3n) is 5.59. The van der Waals surface area contributed by atoms with Crippen LogP contribution in [0.1, 0.15) is 5.56 Å². The molecule has 0 unspecified atom stereocenters. The summed E-state index contributed by atoms with van der Waals surface area (Å²) in [4.78, 5) is 12.8. The van der Waals surface area contributed by atoms with Crippen molar-refractivity contribution in [2.75, 3.05) is 45.9 Å². The number of nitrogens with zero attached hydrogens (tertiary/aromatic N) is 2. The van der Waals surface area contributed by atoms with E-state index in [1.54, 1.807) is 24.3 Å². The Balaban J connectivity index is 1.92. The van der Waals surface area contributed by atoms with E-state index in [0.29, 0.717) is 29.4 Å². The summed E-state index contributed by atoms with van der Waals surface area (Å²) >= 11 is 6.19. The van der Waals surface area contributed by atoms with E-state index in [1.807, 2.05) is 0 Å². The average Bonchev–Trinajstić information content (AvgIpc) is 2.98. The Bertz CT molecular complexity index is 1530. The fourth-order valence-corrected chi connectivity index (χ4v) is 5.24. The minimum Gasteiger partial charge on any atom is -0.495 e. The molecule has 0 fully saturated rings. The predicted molar refractivity (Wildman–Crippen MR) is 157 cm³/mol. The van der Waals surface area contributed by atoms with E-state index in [9.17, 15) is 13.2 Å². The van der Waals surface area contributed by atoms with E-state index in [4.69, 9.17) is 35.3 Å². The molecule has 11 nitrogen and oxygen atoms in total. The van der Waals surface area contributed by atoms with Crippen LogP contribution in [0.25, 0.3) is 0 Å². The average molecular weight is 604 g/mol. The van der Waals surface area contributed by atoms with E-state index in [-0.39, 0.29) is 27.1 Å². The van der Waals surface area contributed by atoms with Crippen molar-refractivity contribution in [3.8, 4) is 28.7 Å². The number of hydrazone groups is 1. The second-order valence-corrected chi connectivity index (χ2v) is 10.4. The molecule has 0 aliphatic carbocycles. The molecule has 1 N–H and O–H groups in total. The first-order chi connectivity index (χ1) is 19.7. The van der Waals surface area contributed by atoms with Gasteiger partial charge >= 0.3 is 0 Å². The standard InChI is InChI=1S/C28H30ClN3O8S/c1-6-13-40-25-10-7-19(14-26(25)38-4)17-30-31-28(33)18-32(22-15-20(29)8-11-23(22)36-2)41(34,35)21-9-12-24(37-3)27(16-21)39-5/h6-12,14-17H,1,13,18H2,2-5H3,(H,31,33)/b30-17-. The number of amides is 1. The van der Waals surface area contributed by atoms with Crippen LogP contribution in [0.2, 0.25) is 5.02 Å². The number of anilines is 1. The lowest BCUT2D eigenvalue weighted by Gasteiger charge is -2.25. The first-order valence-electron chi connectivity index (χ1n) is 12.0. The van der Waals surface area contributed by atoms with Gasteiger partial charge in [0.05, 0.1) is 45.2 Å². The van der Waals surface area contributed by atoms with Crippen LogP contribution in [0.15, 0.2) is 77.2 Å².